The van der Waals surface area contributed by atoms with Gasteiger partial charge in [0.25, 0.3) is 0 Å². The third kappa shape index (κ3) is 1.29. The first kappa shape index (κ1) is 7.55. The van der Waals surface area contributed by atoms with Crippen molar-refractivity contribution in [1.29, 1.82) is 0 Å². The lowest BCUT2D eigenvalue weighted by Crippen LogP contribution is -2.22. The zero-order valence-electron chi connectivity index (χ0n) is 6.43. The molecule has 0 radical (unpaired) electrons. The lowest BCUT2D eigenvalue weighted by atomic mass is 9.96. The predicted octanol–water partition coefficient (Wildman–Crippen LogP) is 2.03. The largest absolute Gasteiger partial charge is 0.386 e. The maximum Gasteiger partial charge on any atom is 0.0834 e. The first-order valence-corrected chi connectivity index (χ1v) is 3.69. The Kier molecular flexibility index (Phi) is 1.95. The molecule has 0 bridgehead atoms. The van der Waals surface area contributed by atoms with Gasteiger partial charge in [0, 0.05) is 0 Å². The van der Waals surface area contributed by atoms with Gasteiger partial charge in [0.1, 0.15) is 0 Å². The SMILES string of the molecule is C=CCC1=CCCC1(C)O. The highest BCUT2D eigenvalue weighted by Crippen LogP contribution is 2.31. The van der Waals surface area contributed by atoms with E-state index in [0.29, 0.717) is 0 Å². The maximum absolute atomic E-state index is 9.67. The summed E-state index contributed by atoms with van der Waals surface area (Å²) >= 11 is 0. The van der Waals surface area contributed by atoms with Gasteiger partial charge in [-0.2, -0.15) is 0 Å². The van der Waals surface area contributed by atoms with Crippen LogP contribution in [0.3, 0.4) is 0 Å². The molecule has 1 aliphatic carbocycles. The van der Waals surface area contributed by atoms with Crippen LogP contribution in [0.2, 0.25) is 0 Å². The molecule has 0 fully saturated rings. The van der Waals surface area contributed by atoms with Crippen molar-refractivity contribution in [2.45, 2.75) is 31.8 Å². The molecular weight excluding hydrogens is 124 g/mol. The molecule has 0 saturated carbocycles. The molecule has 1 rings (SSSR count). The highest BCUT2D eigenvalue weighted by molar-refractivity contribution is 5.22. The van der Waals surface area contributed by atoms with E-state index in [1.54, 1.807) is 0 Å². The normalized spacial score (nSPS) is 32.0. The van der Waals surface area contributed by atoms with Gasteiger partial charge >= 0.3 is 0 Å². The fourth-order valence-electron chi connectivity index (χ4n) is 1.37. The Bertz CT molecular complexity index is 166. The lowest BCUT2D eigenvalue weighted by Gasteiger charge is -2.19. The molecule has 0 spiro atoms. The van der Waals surface area contributed by atoms with Crippen molar-refractivity contribution in [3.63, 3.8) is 0 Å². The summed E-state index contributed by atoms with van der Waals surface area (Å²) in [6, 6.07) is 0. The molecule has 0 amide bonds. The molecule has 1 nitrogen and oxygen atoms in total. The van der Waals surface area contributed by atoms with E-state index >= 15 is 0 Å². The van der Waals surface area contributed by atoms with Crippen LogP contribution >= 0.6 is 0 Å². The third-order valence-electron chi connectivity index (χ3n) is 2.08. The molecule has 0 aromatic heterocycles. The summed E-state index contributed by atoms with van der Waals surface area (Å²) in [5.74, 6) is 0. The second kappa shape index (κ2) is 2.59. The van der Waals surface area contributed by atoms with Gasteiger partial charge in [-0.05, 0) is 31.8 Å². The van der Waals surface area contributed by atoms with Crippen LogP contribution in [0.25, 0.3) is 0 Å². The molecule has 0 aromatic carbocycles. The predicted molar refractivity (Wildman–Crippen MR) is 42.8 cm³/mol. The van der Waals surface area contributed by atoms with Gasteiger partial charge in [-0.1, -0.05) is 12.2 Å². The van der Waals surface area contributed by atoms with Crippen LogP contribution < -0.4 is 0 Å². The average molecular weight is 138 g/mol. The van der Waals surface area contributed by atoms with E-state index in [1.165, 1.54) is 0 Å². The van der Waals surface area contributed by atoms with E-state index in [2.05, 4.69) is 12.7 Å². The number of hydrogen-bond acceptors (Lipinski definition) is 1. The van der Waals surface area contributed by atoms with Crippen LogP contribution in [0.5, 0.6) is 0 Å². The van der Waals surface area contributed by atoms with Crippen LogP contribution in [0.4, 0.5) is 0 Å². The average Bonchev–Trinajstić information content (AvgIpc) is 2.13. The number of allylic oxidation sites excluding steroid dienone is 2. The first-order valence-electron chi connectivity index (χ1n) is 3.69. The van der Waals surface area contributed by atoms with Gasteiger partial charge in [-0.25, -0.2) is 0 Å². The third-order valence-corrected chi connectivity index (χ3v) is 2.08. The quantitative estimate of drug-likeness (QED) is 0.579. The highest BCUT2D eigenvalue weighted by atomic mass is 16.3. The van der Waals surface area contributed by atoms with Crippen LogP contribution in [0.1, 0.15) is 26.2 Å². The van der Waals surface area contributed by atoms with E-state index in [0.717, 1.165) is 24.8 Å². The standard InChI is InChI=1S/C9H14O/c1-3-5-8-6-4-7-9(8,2)10/h3,6,10H,1,4-5,7H2,2H3. The number of aliphatic hydroxyl groups is 1. The first-order chi connectivity index (χ1) is 4.67. The monoisotopic (exact) mass is 138 g/mol. The van der Waals surface area contributed by atoms with Crippen molar-refractivity contribution in [1.82, 2.24) is 0 Å². The maximum atomic E-state index is 9.67. The fourth-order valence-corrected chi connectivity index (χ4v) is 1.37. The Hall–Kier alpha value is -0.560. The van der Waals surface area contributed by atoms with Crippen molar-refractivity contribution in [2.24, 2.45) is 0 Å². The second-order valence-electron chi connectivity index (χ2n) is 3.03. The second-order valence-corrected chi connectivity index (χ2v) is 3.03. The molecule has 0 saturated heterocycles. The minimum atomic E-state index is -0.547. The van der Waals surface area contributed by atoms with E-state index in [1.807, 2.05) is 13.0 Å². The van der Waals surface area contributed by atoms with Crippen LogP contribution in [0.15, 0.2) is 24.3 Å². The van der Waals surface area contributed by atoms with Crippen molar-refractivity contribution in [3.05, 3.63) is 24.3 Å². The van der Waals surface area contributed by atoms with Crippen molar-refractivity contribution in [2.75, 3.05) is 0 Å². The molecule has 0 aromatic rings. The molecular formula is C9H14O. The van der Waals surface area contributed by atoms with Crippen molar-refractivity contribution >= 4 is 0 Å². The summed E-state index contributed by atoms with van der Waals surface area (Å²) in [7, 11) is 0. The minimum absolute atomic E-state index is 0.547. The number of hydrogen-bond donors (Lipinski definition) is 1. The van der Waals surface area contributed by atoms with Gasteiger partial charge in [-0.3, -0.25) is 0 Å². The molecule has 1 aliphatic rings. The fraction of sp³-hybridized carbons (Fsp3) is 0.556. The summed E-state index contributed by atoms with van der Waals surface area (Å²) in [6.45, 7) is 5.51. The van der Waals surface area contributed by atoms with Crippen molar-refractivity contribution < 1.29 is 5.11 Å². The van der Waals surface area contributed by atoms with Gasteiger partial charge < -0.3 is 5.11 Å². The summed E-state index contributed by atoms with van der Waals surface area (Å²) in [5, 5.41) is 9.67. The minimum Gasteiger partial charge on any atom is -0.386 e. The molecule has 0 aliphatic heterocycles. The van der Waals surface area contributed by atoms with Gasteiger partial charge in [0.15, 0.2) is 0 Å². The van der Waals surface area contributed by atoms with Crippen molar-refractivity contribution in [3.8, 4) is 0 Å². The van der Waals surface area contributed by atoms with Gasteiger partial charge in [0.05, 0.1) is 5.60 Å². The van der Waals surface area contributed by atoms with Crippen LogP contribution in [-0.4, -0.2) is 10.7 Å². The summed E-state index contributed by atoms with van der Waals surface area (Å²) in [6.07, 6.45) is 6.66. The molecule has 0 heterocycles. The molecule has 56 valence electrons. The Morgan fingerprint density at radius 1 is 1.90 bits per heavy atom. The Balaban J connectivity index is 2.65. The topological polar surface area (TPSA) is 20.2 Å². The summed E-state index contributed by atoms with van der Waals surface area (Å²) < 4.78 is 0. The zero-order valence-corrected chi connectivity index (χ0v) is 6.43. The Morgan fingerprint density at radius 3 is 3.00 bits per heavy atom. The molecule has 1 atom stereocenters. The van der Waals surface area contributed by atoms with E-state index in [4.69, 9.17) is 0 Å². The Morgan fingerprint density at radius 2 is 2.60 bits per heavy atom. The molecule has 10 heavy (non-hydrogen) atoms. The summed E-state index contributed by atoms with van der Waals surface area (Å²) in [4.78, 5) is 0. The van der Waals surface area contributed by atoms with E-state index < -0.39 is 5.60 Å². The lowest BCUT2D eigenvalue weighted by molar-refractivity contribution is 0.0979. The number of rotatable bonds is 2. The molecule has 1 N–H and O–H groups in total. The van der Waals surface area contributed by atoms with Gasteiger partial charge in [0.2, 0.25) is 0 Å². The van der Waals surface area contributed by atoms with E-state index in [9.17, 15) is 5.11 Å². The molecule has 1 heteroatoms. The summed E-state index contributed by atoms with van der Waals surface area (Å²) in [5.41, 5.74) is 0.580. The molecule has 1 unspecified atom stereocenters. The zero-order chi connectivity index (χ0) is 7.61. The Labute approximate surface area is 62.1 Å². The van der Waals surface area contributed by atoms with Gasteiger partial charge in [-0.15, -0.1) is 6.58 Å². The van der Waals surface area contributed by atoms with Crippen LogP contribution in [-0.2, 0) is 0 Å². The van der Waals surface area contributed by atoms with E-state index in [-0.39, 0.29) is 0 Å². The highest BCUT2D eigenvalue weighted by Gasteiger charge is 2.27. The smallest absolute Gasteiger partial charge is 0.0834 e. The van der Waals surface area contributed by atoms with Crippen LogP contribution in [0, 0.1) is 0 Å².